The minimum Gasteiger partial charge on any atom is -0.496 e. The second kappa shape index (κ2) is 8.44. The van der Waals surface area contributed by atoms with Gasteiger partial charge >= 0.3 is 0 Å². The number of carbonyl (C=O) groups excluding carboxylic acids is 1. The number of fused-ring (bicyclic) bond motifs is 2. The third-order valence-corrected chi connectivity index (χ3v) is 7.42. The standard InChI is InChI=1S/C26H17BrN4O3S/c1-34-20-10-6-5-9-17(20)23-28-26-31(29-23)25(33)22(35-26)21-18-13-16(27)11-12-19(18)30(24(21)32)14-15-7-3-2-4-8-15/h2-13H,14H2,1H3/b22-21-. The van der Waals surface area contributed by atoms with Gasteiger partial charge in [0.15, 0.2) is 5.82 Å². The summed E-state index contributed by atoms with van der Waals surface area (Å²) in [4.78, 5) is 33.8. The van der Waals surface area contributed by atoms with Crippen LogP contribution in [0.3, 0.4) is 0 Å². The van der Waals surface area contributed by atoms with E-state index in [0.717, 1.165) is 15.7 Å². The van der Waals surface area contributed by atoms with E-state index in [2.05, 4.69) is 26.0 Å². The molecule has 0 saturated carbocycles. The number of rotatable bonds is 4. The average Bonchev–Trinajstić information content (AvgIpc) is 3.50. The number of carbonyl (C=O) groups is 1. The molecule has 5 aromatic rings. The zero-order valence-corrected chi connectivity index (χ0v) is 20.8. The van der Waals surface area contributed by atoms with Gasteiger partial charge in [0, 0.05) is 10.0 Å². The predicted octanol–water partition coefficient (Wildman–Crippen LogP) is 4.05. The summed E-state index contributed by atoms with van der Waals surface area (Å²) in [5, 5.41) is 4.44. The first kappa shape index (κ1) is 21.7. The Morgan fingerprint density at radius 1 is 0.971 bits per heavy atom. The lowest BCUT2D eigenvalue weighted by molar-refractivity contribution is -0.113. The van der Waals surface area contributed by atoms with Crippen LogP contribution >= 0.6 is 27.3 Å². The Morgan fingerprint density at radius 3 is 2.51 bits per heavy atom. The molecule has 0 saturated heterocycles. The first-order valence-electron chi connectivity index (χ1n) is 10.8. The molecule has 6 rings (SSSR count). The molecule has 0 bridgehead atoms. The second-order valence-corrected chi connectivity index (χ2v) is 9.87. The van der Waals surface area contributed by atoms with E-state index in [1.165, 1.54) is 15.9 Å². The van der Waals surface area contributed by atoms with Gasteiger partial charge in [0.1, 0.15) is 10.3 Å². The maximum Gasteiger partial charge on any atom is 0.291 e. The number of ether oxygens (including phenoxy) is 1. The molecule has 172 valence electrons. The van der Waals surface area contributed by atoms with Crippen molar-refractivity contribution < 1.29 is 9.53 Å². The fourth-order valence-corrected chi connectivity index (χ4v) is 5.63. The number of benzene rings is 3. The van der Waals surface area contributed by atoms with Crippen LogP contribution in [0.25, 0.3) is 21.9 Å². The quantitative estimate of drug-likeness (QED) is 0.341. The molecule has 3 aromatic carbocycles. The van der Waals surface area contributed by atoms with Crippen LogP contribution in [0.4, 0.5) is 5.69 Å². The van der Waals surface area contributed by atoms with Crippen molar-refractivity contribution in [2.45, 2.75) is 6.54 Å². The maximum absolute atomic E-state index is 13.7. The van der Waals surface area contributed by atoms with Gasteiger partial charge in [-0.05, 0) is 35.9 Å². The molecule has 35 heavy (non-hydrogen) atoms. The van der Waals surface area contributed by atoms with Crippen molar-refractivity contribution in [2.24, 2.45) is 0 Å². The summed E-state index contributed by atoms with van der Waals surface area (Å²) in [7, 11) is 1.58. The third-order valence-electron chi connectivity index (χ3n) is 5.89. The molecule has 0 spiro atoms. The fraction of sp³-hybridized carbons (Fsp3) is 0.0769. The molecule has 0 radical (unpaired) electrons. The molecular formula is C26H17BrN4O3S. The number of thiazole rings is 1. The Bertz CT molecular complexity index is 1730. The predicted molar refractivity (Wildman–Crippen MR) is 139 cm³/mol. The number of halogens is 1. The van der Waals surface area contributed by atoms with Crippen LogP contribution in [0, 0.1) is 0 Å². The minimum absolute atomic E-state index is 0.214. The number of hydrogen-bond donors (Lipinski definition) is 0. The summed E-state index contributed by atoms with van der Waals surface area (Å²) in [6.45, 7) is 0.407. The van der Waals surface area contributed by atoms with Gasteiger partial charge in [0.2, 0.25) is 4.96 Å². The highest BCUT2D eigenvalue weighted by atomic mass is 79.9. The van der Waals surface area contributed by atoms with Crippen LogP contribution < -0.4 is 19.7 Å². The van der Waals surface area contributed by atoms with Crippen LogP contribution in [-0.2, 0) is 11.3 Å². The van der Waals surface area contributed by atoms with E-state index in [0.29, 0.717) is 44.3 Å². The Morgan fingerprint density at radius 2 is 1.74 bits per heavy atom. The topological polar surface area (TPSA) is 76.8 Å². The number of para-hydroxylation sites is 1. The SMILES string of the molecule is COc1ccccc1-c1nc2s/c(=C3\C(=O)N(Cc4ccccc4)c4ccc(Br)cc43)c(=O)n2n1. The van der Waals surface area contributed by atoms with Gasteiger partial charge in [0.05, 0.1) is 30.5 Å². The van der Waals surface area contributed by atoms with E-state index < -0.39 is 0 Å². The number of hydrogen-bond acceptors (Lipinski definition) is 6. The Labute approximate surface area is 212 Å². The van der Waals surface area contributed by atoms with E-state index in [1.807, 2.05) is 72.8 Å². The van der Waals surface area contributed by atoms with Gasteiger partial charge in [-0.2, -0.15) is 9.50 Å². The van der Waals surface area contributed by atoms with E-state index >= 15 is 0 Å². The van der Waals surface area contributed by atoms with E-state index in [1.54, 1.807) is 12.0 Å². The van der Waals surface area contributed by atoms with Crippen LogP contribution in [0.1, 0.15) is 11.1 Å². The lowest BCUT2D eigenvalue weighted by Crippen LogP contribution is -2.32. The van der Waals surface area contributed by atoms with Crippen LogP contribution in [0.5, 0.6) is 5.75 Å². The van der Waals surface area contributed by atoms with Crippen LogP contribution in [0.2, 0.25) is 0 Å². The van der Waals surface area contributed by atoms with Gasteiger partial charge < -0.3 is 9.64 Å². The van der Waals surface area contributed by atoms with Gasteiger partial charge in [0.25, 0.3) is 11.5 Å². The molecule has 0 fully saturated rings. The highest BCUT2D eigenvalue weighted by Gasteiger charge is 2.34. The Hall–Kier alpha value is -3.82. The zero-order valence-electron chi connectivity index (χ0n) is 18.4. The van der Waals surface area contributed by atoms with Crippen LogP contribution in [-0.4, -0.2) is 27.6 Å². The molecular weight excluding hydrogens is 528 g/mol. The van der Waals surface area contributed by atoms with Crippen molar-refractivity contribution in [3.05, 3.63) is 103 Å². The summed E-state index contributed by atoms with van der Waals surface area (Å²) < 4.78 is 7.83. The minimum atomic E-state index is -0.366. The normalized spacial score (nSPS) is 14.6. The third kappa shape index (κ3) is 3.55. The second-order valence-electron chi connectivity index (χ2n) is 7.98. The Balaban J connectivity index is 1.52. The smallest absolute Gasteiger partial charge is 0.291 e. The van der Waals surface area contributed by atoms with Crippen molar-refractivity contribution in [1.82, 2.24) is 14.6 Å². The first-order valence-corrected chi connectivity index (χ1v) is 12.4. The number of aromatic nitrogens is 3. The number of amides is 1. The molecule has 1 amide bonds. The summed E-state index contributed by atoms with van der Waals surface area (Å²) in [5.74, 6) is 0.802. The molecule has 0 atom stereocenters. The molecule has 3 heterocycles. The van der Waals surface area contributed by atoms with Crippen molar-refractivity contribution in [2.75, 3.05) is 12.0 Å². The molecule has 0 N–H and O–H groups in total. The lowest BCUT2D eigenvalue weighted by Gasteiger charge is -2.17. The summed E-state index contributed by atoms with van der Waals surface area (Å²) in [6, 6.07) is 22.8. The molecule has 0 unspecified atom stereocenters. The Kier molecular flexibility index (Phi) is 5.23. The van der Waals surface area contributed by atoms with Gasteiger partial charge in [-0.15, -0.1) is 5.10 Å². The summed E-state index contributed by atoms with van der Waals surface area (Å²) >= 11 is 4.67. The molecule has 1 aliphatic heterocycles. The number of anilines is 1. The van der Waals surface area contributed by atoms with Crippen molar-refractivity contribution in [3.8, 4) is 17.1 Å². The molecule has 9 heteroatoms. The maximum atomic E-state index is 13.7. The van der Waals surface area contributed by atoms with Gasteiger partial charge in [-0.25, -0.2) is 0 Å². The largest absolute Gasteiger partial charge is 0.496 e. The number of nitrogens with zero attached hydrogens (tertiary/aromatic N) is 4. The van der Waals surface area contributed by atoms with Crippen LogP contribution in [0.15, 0.2) is 82.1 Å². The highest BCUT2D eigenvalue weighted by molar-refractivity contribution is 9.10. The average molecular weight is 545 g/mol. The fourth-order valence-electron chi connectivity index (χ4n) is 4.27. The van der Waals surface area contributed by atoms with Crippen molar-refractivity contribution in [3.63, 3.8) is 0 Å². The zero-order chi connectivity index (χ0) is 24.1. The lowest BCUT2D eigenvalue weighted by atomic mass is 10.1. The summed E-state index contributed by atoms with van der Waals surface area (Å²) in [6.07, 6.45) is 0. The first-order chi connectivity index (χ1) is 17.0. The van der Waals surface area contributed by atoms with E-state index in [9.17, 15) is 9.59 Å². The van der Waals surface area contributed by atoms with E-state index in [4.69, 9.17) is 4.74 Å². The van der Waals surface area contributed by atoms with Crippen molar-refractivity contribution >= 4 is 49.4 Å². The molecule has 0 aliphatic carbocycles. The van der Waals surface area contributed by atoms with Gasteiger partial charge in [-0.1, -0.05) is 69.7 Å². The number of methoxy groups -OCH3 is 1. The summed E-state index contributed by atoms with van der Waals surface area (Å²) in [5.41, 5.74) is 3.19. The van der Waals surface area contributed by atoms with E-state index in [-0.39, 0.29) is 11.5 Å². The monoisotopic (exact) mass is 544 g/mol. The highest BCUT2D eigenvalue weighted by Crippen LogP contribution is 2.38. The molecule has 7 nitrogen and oxygen atoms in total. The van der Waals surface area contributed by atoms with Crippen molar-refractivity contribution in [1.29, 1.82) is 0 Å². The van der Waals surface area contributed by atoms with Gasteiger partial charge in [-0.3, -0.25) is 9.59 Å². The molecule has 1 aliphatic rings. The molecule has 2 aromatic heterocycles.